The van der Waals surface area contributed by atoms with Gasteiger partial charge in [0.1, 0.15) is 16.5 Å². The summed E-state index contributed by atoms with van der Waals surface area (Å²) >= 11 is 0. The van der Waals surface area contributed by atoms with Crippen molar-refractivity contribution in [1.82, 2.24) is 5.32 Å². The zero-order chi connectivity index (χ0) is 13.8. The van der Waals surface area contributed by atoms with Crippen molar-refractivity contribution in [2.45, 2.75) is 19.5 Å². The molecule has 0 saturated heterocycles. The van der Waals surface area contributed by atoms with Gasteiger partial charge in [-0.25, -0.2) is 4.39 Å². The zero-order valence-electron chi connectivity index (χ0n) is 10.3. The summed E-state index contributed by atoms with van der Waals surface area (Å²) in [5.74, 6) is -0.0653. The van der Waals surface area contributed by atoms with E-state index in [1.807, 2.05) is 6.92 Å². The van der Waals surface area contributed by atoms with E-state index in [1.54, 1.807) is 18.2 Å². The Morgan fingerprint density at radius 2 is 2.00 bits per heavy atom. The standard InChI is InChI=1S/C13H13FN2O3/c1-9(10-2-4-11(14)5-3-10)15-8-12-6-7-13(19-12)16(17)18/h2-7,9,15H,8H2,1H3/t9-/m0/s1. The van der Waals surface area contributed by atoms with Crippen LogP contribution in [0.3, 0.4) is 0 Å². The third-order valence-corrected chi connectivity index (χ3v) is 2.78. The van der Waals surface area contributed by atoms with E-state index in [2.05, 4.69) is 5.32 Å². The molecule has 100 valence electrons. The van der Waals surface area contributed by atoms with Crippen molar-refractivity contribution in [3.63, 3.8) is 0 Å². The smallest absolute Gasteiger partial charge is 0.404 e. The lowest BCUT2D eigenvalue weighted by atomic mass is 10.1. The van der Waals surface area contributed by atoms with Crippen molar-refractivity contribution in [2.75, 3.05) is 0 Å². The van der Waals surface area contributed by atoms with Gasteiger partial charge in [-0.2, -0.15) is 0 Å². The Balaban J connectivity index is 1.94. The normalized spacial score (nSPS) is 12.3. The van der Waals surface area contributed by atoms with Gasteiger partial charge in [0, 0.05) is 6.04 Å². The number of nitrogens with one attached hydrogen (secondary N) is 1. The molecule has 0 saturated carbocycles. The van der Waals surface area contributed by atoms with Crippen LogP contribution in [0.1, 0.15) is 24.3 Å². The minimum absolute atomic E-state index is 0.00949. The van der Waals surface area contributed by atoms with Crippen molar-refractivity contribution in [1.29, 1.82) is 0 Å². The SMILES string of the molecule is C[C@H](NCc1ccc([N+](=O)[O-])o1)c1ccc(F)cc1. The summed E-state index contributed by atoms with van der Waals surface area (Å²) in [6.07, 6.45) is 0. The van der Waals surface area contributed by atoms with Gasteiger partial charge in [0.15, 0.2) is 0 Å². The topological polar surface area (TPSA) is 68.3 Å². The molecule has 0 aliphatic rings. The molecule has 1 heterocycles. The number of hydrogen-bond donors (Lipinski definition) is 1. The number of nitro groups is 1. The minimum atomic E-state index is -0.576. The fourth-order valence-corrected chi connectivity index (χ4v) is 1.68. The number of halogens is 1. The van der Waals surface area contributed by atoms with E-state index in [4.69, 9.17) is 4.42 Å². The molecule has 0 amide bonds. The summed E-state index contributed by atoms with van der Waals surface area (Å²) in [7, 11) is 0. The highest BCUT2D eigenvalue weighted by Crippen LogP contribution is 2.17. The van der Waals surface area contributed by atoms with Crippen LogP contribution in [0.2, 0.25) is 0 Å². The summed E-state index contributed by atoms with van der Waals surface area (Å²) < 4.78 is 17.8. The third kappa shape index (κ3) is 3.38. The molecule has 1 aromatic heterocycles. The van der Waals surface area contributed by atoms with Gasteiger partial charge in [-0.3, -0.25) is 10.1 Å². The fraction of sp³-hybridized carbons (Fsp3) is 0.231. The zero-order valence-corrected chi connectivity index (χ0v) is 10.3. The molecule has 0 spiro atoms. The Labute approximate surface area is 109 Å². The molecule has 1 N–H and O–H groups in total. The Morgan fingerprint density at radius 1 is 1.32 bits per heavy atom. The van der Waals surface area contributed by atoms with Crippen LogP contribution >= 0.6 is 0 Å². The second-order valence-electron chi connectivity index (χ2n) is 4.15. The lowest BCUT2D eigenvalue weighted by Crippen LogP contribution is -2.17. The summed E-state index contributed by atoms with van der Waals surface area (Å²) in [5.41, 5.74) is 0.933. The molecule has 0 bridgehead atoms. The average Bonchev–Trinajstić information content (AvgIpc) is 2.86. The van der Waals surface area contributed by atoms with Gasteiger partial charge in [-0.1, -0.05) is 12.1 Å². The molecule has 1 atom stereocenters. The van der Waals surface area contributed by atoms with Crippen LogP contribution in [0.4, 0.5) is 10.3 Å². The van der Waals surface area contributed by atoms with Crippen LogP contribution in [-0.2, 0) is 6.54 Å². The molecular formula is C13H13FN2O3. The van der Waals surface area contributed by atoms with Crippen LogP contribution in [0, 0.1) is 15.9 Å². The molecule has 19 heavy (non-hydrogen) atoms. The predicted octanol–water partition coefficient (Wildman–Crippen LogP) is 3.18. The molecule has 0 aliphatic carbocycles. The number of furan rings is 1. The quantitative estimate of drug-likeness (QED) is 0.665. The van der Waals surface area contributed by atoms with E-state index in [0.29, 0.717) is 12.3 Å². The van der Waals surface area contributed by atoms with Crippen LogP contribution in [-0.4, -0.2) is 4.92 Å². The highest BCUT2D eigenvalue weighted by Gasteiger charge is 2.12. The van der Waals surface area contributed by atoms with Crippen LogP contribution in [0.15, 0.2) is 40.8 Å². The number of hydrogen-bond acceptors (Lipinski definition) is 4. The molecule has 0 aliphatic heterocycles. The van der Waals surface area contributed by atoms with Crippen molar-refractivity contribution in [3.05, 3.63) is 63.7 Å². The average molecular weight is 264 g/mol. The molecule has 6 heteroatoms. The Kier molecular flexibility index (Phi) is 3.91. The van der Waals surface area contributed by atoms with E-state index >= 15 is 0 Å². The van der Waals surface area contributed by atoms with E-state index < -0.39 is 4.92 Å². The molecular weight excluding hydrogens is 251 g/mol. The first kappa shape index (κ1) is 13.2. The van der Waals surface area contributed by atoms with Crippen molar-refractivity contribution in [3.8, 4) is 0 Å². The Morgan fingerprint density at radius 3 is 2.58 bits per heavy atom. The maximum atomic E-state index is 12.8. The third-order valence-electron chi connectivity index (χ3n) is 2.78. The van der Waals surface area contributed by atoms with Crippen LogP contribution < -0.4 is 5.32 Å². The van der Waals surface area contributed by atoms with Gasteiger partial charge in [-0.15, -0.1) is 0 Å². The maximum absolute atomic E-state index is 12.8. The molecule has 0 unspecified atom stereocenters. The molecule has 5 nitrogen and oxygen atoms in total. The fourth-order valence-electron chi connectivity index (χ4n) is 1.68. The lowest BCUT2D eigenvalue weighted by Gasteiger charge is -2.12. The summed E-state index contributed by atoms with van der Waals surface area (Å²) in [6, 6.07) is 9.04. The lowest BCUT2D eigenvalue weighted by molar-refractivity contribution is -0.402. The molecule has 1 aromatic carbocycles. The molecule has 2 aromatic rings. The van der Waals surface area contributed by atoms with E-state index in [1.165, 1.54) is 18.2 Å². The van der Waals surface area contributed by atoms with Gasteiger partial charge < -0.3 is 9.73 Å². The Bertz CT molecular complexity index is 566. The van der Waals surface area contributed by atoms with E-state index in [9.17, 15) is 14.5 Å². The largest absolute Gasteiger partial charge is 0.433 e. The first-order chi connectivity index (χ1) is 9.06. The summed E-state index contributed by atoms with van der Waals surface area (Å²) in [5, 5.41) is 13.6. The second-order valence-corrected chi connectivity index (χ2v) is 4.15. The number of nitrogens with zero attached hydrogens (tertiary/aromatic N) is 1. The van der Waals surface area contributed by atoms with Gasteiger partial charge in [0.2, 0.25) is 0 Å². The van der Waals surface area contributed by atoms with Gasteiger partial charge >= 0.3 is 5.88 Å². The first-order valence-electron chi connectivity index (χ1n) is 5.78. The maximum Gasteiger partial charge on any atom is 0.433 e. The summed E-state index contributed by atoms with van der Waals surface area (Å²) in [4.78, 5) is 9.89. The van der Waals surface area contributed by atoms with Gasteiger partial charge in [-0.05, 0) is 30.7 Å². The molecule has 0 radical (unpaired) electrons. The second kappa shape index (κ2) is 5.62. The van der Waals surface area contributed by atoms with Crippen molar-refractivity contribution >= 4 is 5.88 Å². The Hall–Kier alpha value is -2.21. The number of benzene rings is 1. The van der Waals surface area contributed by atoms with E-state index in [0.717, 1.165) is 5.56 Å². The van der Waals surface area contributed by atoms with Gasteiger partial charge in [0.25, 0.3) is 0 Å². The predicted molar refractivity (Wildman–Crippen MR) is 67.0 cm³/mol. The first-order valence-corrected chi connectivity index (χ1v) is 5.78. The van der Waals surface area contributed by atoms with Crippen LogP contribution in [0.5, 0.6) is 0 Å². The number of rotatable bonds is 5. The van der Waals surface area contributed by atoms with Crippen molar-refractivity contribution in [2.24, 2.45) is 0 Å². The molecule has 2 rings (SSSR count). The van der Waals surface area contributed by atoms with Crippen molar-refractivity contribution < 1.29 is 13.7 Å². The van der Waals surface area contributed by atoms with Gasteiger partial charge in [0.05, 0.1) is 12.6 Å². The monoisotopic (exact) mass is 264 g/mol. The van der Waals surface area contributed by atoms with Crippen LogP contribution in [0.25, 0.3) is 0 Å². The summed E-state index contributed by atoms with van der Waals surface area (Å²) in [6.45, 7) is 2.29. The highest BCUT2D eigenvalue weighted by atomic mass is 19.1. The highest BCUT2D eigenvalue weighted by molar-refractivity contribution is 5.20. The minimum Gasteiger partial charge on any atom is -0.404 e. The molecule has 0 fully saturated rings. The van der Waals surface area contributed by atoms with E-state index in [-0.39, 0.29) is 17.7 Å².